The highest BCUT2D eigenvalue weighted by Crippen LogP contribution is 2.15. The molecule has 3 nitrogen and oxygen atoms in total. The zero-order valence-corrected chi connectivity index (χ0v) is 11.3. The molecule has 0 heterocycles. The number of benzene rings is 1. The van der Waals surface area contributed by atoms with Crippen LogP contribution in [0.3, 0.4) is 0 Å². The fourth-order valence-corrected chi connectivity index (χ4v) is 1.99. The molecule has 3 heteroatoms. The van der Waals surface area contributed by atoms with Crippen molar-refractivity contribution in [2.45, 2.75) is 45.8 Å². The molecule has 1 rings (SSSR count). The van der Waals surface area contributed by atoms with Crippen molar-refractivity contribution in [3.63, 3.8) is 0 Å². The summed E-state index contributed by atoms with van der Waals surface area (Å²) in [7, 11) is 1.73. The Morgan fingerprint density at radius 1 is 1.35 bits per heavy atom. The van der Waals surface area contributed by atoms with Crippen molar-refractivity contribution in [2.24, 2.45) is 5.84 Å². The highest BCUT2D eigenvalue weighted by molar-refractivity contribution is 5.31. The minimum atomic E-state index is 0.223. The normalized spacial score (nSPS) is 14.6. The van der Waals surface area contributed by atoms with Gasteiger partial charge in [-0.25, -0.2) is 0 Å². The maximum Gasteiger partial charge on any atom is 0.0558 e. The van der Waals surface area contributed by atoms with Gasteiger partial charge in [0.2, 0.25) is 0 Å². The third-order valence-corrected chi connectivity index (χ3v) is 3.23. The van der Waals surface area contributed by atoms with E-state index in [1.807, 2.05) is 0 Å². The number of nitrogens with one attached hydrogen (secondary N) is 1. The van der Waals surface area contributed by atoms with Crippen LogP contribution in [-0.2, 0) is 11.2 Å². The lowest BCUT2D eigenvalue weighted by Gasteiger charge is -2.20. The molecule has 1 aromatic carbocycles. The molecule has 0 saturated carbocycles. The predicted octanol–water partition coefficient (Wildman–Crippen LogP) is 2.10. The SMILES string of the molecule is COC(C)CC(Cc1cc(C)ccc1C)NN. The van der Waals surface area contributed by atoms with E-state index >= 15 is 0 Å². The third kappa shape index (κ3) is 4.46. The maximum absolute atomic E-state index is 5.61. The van der Waals surface area contributed by atoms with E-state index in [2.05, 4.69) is 44.4 Å². The highest BCUT2D eigenvalue weighted by Gasteiger charge is 2.13. The van der Waals surface area contributed by atoms with E-state index < -0.39 is 0 Å². The van der Waals surface area contributed by atoms with Crippen LogP contribution in [0.2, 0.25) is 0 Å². The van der Waals surface area contributed by atoms with Gasteiger partial charge in [0.15, 0.2) is 0 Å². The molecular weight excluding hydrogens is 212 g/mol. The molecule has 1 aromatic rings. The predicted molar refractivity (Wildman–Crippen MR) is 71.8 cm³/mol. The molecule has 0 aliphatic heterocycles. The molecule has 96 valence electrons. The average molecular weight is 236 g/mol. The van der Waals surface area contributed by atoms with Gasteiger partial charge >= 0.3 is 0 Å². The van der Waals surface area contributed by atoms with E-state index in [4.69, 9.17) is 10.6 Å². The number of methoxy groups -OCH3 is 1. The second kappa shape index (κ2) is 6.74. The van der Waals surface area contributed by atoms with Crippen molar-refractivity contribution < 1.29 is 4.74 Å². The molecule has 2 atom stereocenters. The number of ether oxygens (including phenoxy) is 1. The Morgan fingerprint density at radius 2 is 2.06 bits per heavy atom. The summed E-state index contributed by atoms with van der Waals surface area (Å²) in [6.07, 6.45) is 2.08. The van der Waals surface area contributed by atoms with Crippen molar-refractivity contribution in [1.82, 2.24) is 5.43 Å². The van der Waals surface area contributed by atoms with Crippen LogP contribution in [0, 0.1) is 13.8 Å². The van der Waals surface area contributed by atoms with Crippen LogP contribution in [0.25, 0.3) is 0 Å². The standard InChI is InChI=1S/C14H24N2O/c1-10-5-6-11(2)13(7-10)9-14(16-15)8-12(3)17-4/h5-7,12,14,16H,8-9,15H2,1-4H3. The number of hydrogen-bond donors (Lipinski definition) is 2. The summed E-state index contributed by atoms with van der Waals surface area (Å²) in [5, 5.41) is 0. The van der Waals surface area contributed by atoms with Crippen LogP contribution in [0.4, 0.5) is 0 Å². The van der Waals surface area contributed by atoms with Gasteiger partial charge < -0.3 is 4.74 Å². The van der Waals surface area contributed by atoms with Crippen molar-refractivity contribution in [1.29, 1.82) is 0 Å². The summed E-state index contributed by atoms with van der Waals surface area (Å²) in [5.41, 5.74) is 6.85. The minimum absolute atomic E-state index is 0.223. The lowest BCUT2D eigenvalue weighted by molar-refractivity contribution is 0.100. The smallest absolute Gasteiger partial charge is 0.0558 e. The van der Waals surface area contributed by atoms with Gasteiger partial charge in [0.25, 0.3) is 0 Å². The lowest BCUT2D eigenvalue weighted by atomic mass is 9.96. The van der Waals surface area contributed by atoms with Gasteiger partial charge in [0.1, 0.15) is 0 Å². The van der Waals surface area contributed by atoms with Crippen LogP contribution >= 0.6 is 0 Å². The first-order chi connectivity index (χ1) is 8.06. The van der Waals surface area contributed by atoms with Crippen molar-refractivity contribution in [3.8, 4) is 0 Å². The topological polar surface area (TPSA) is 47.3 Å². The van der Waals surface area contributed by atoms with Gasteiger partial charge in [-0.15, -0.1) is 0 Å². The Morgan fingerprint density at radius 3 is 2.65 bits per heavy atom. The first kappa shape index (κ1) is 14.2. The summed E-state index contributed by atoms with van der Waals surface area (Å²) >= 11 is 0. The van der Waals surface area contributed by atoms with Crippen molar-refractivity contribution in [3.05, 3.63) is 34.9 Å². The van der Waals surface area contributed by atoms with Crippen molar-refractivity contribution in [2.75, 3.05) is 7.11 Å². The van der Waals surface area contributed by atoms with Gasteiger partial charge in [-0.05, 0) is 44.7 Å². The van der Waals surface area contributed by atoms with Crippen LogP contribution in [-0.4, -0.2) is 19.3 Å². The third-order valence-electron chi connectivity index (χ3n) is 3.23. The first-order valence-corrected chi connectivity index (χ1v) is 6.11. The van der Waals surface area contributed by atoms with Gasteiger partial charge in [-0.2, -0.15) is 0 Å². The summed E-state index contributed by atoms with van der Waals surface area (Å²) < 4.78 is 5.28. The number of nitrogens with two attached hydrogens (primary N) is 1. The maximum atomic E-state index is 5.61. The molecule has 0 aliphatic rings. The molecule has 0 aromatic heterocycles. The van der Waals surface area contributed by atoms with E-state index in [1.165, 1.54) is 16.7 Å². The van der Waals surface area contributed by atoms with E-state index in [-0.39, 0.29) is 12.1 Å². The highest BCUT2D eigenvalue weighted by atomic mass is 16.5. The summed E-state index contributed by atoms with van der Waals surface area (Å²) in [6.45, 7) is 6.32. The minimum Gasteiger partial charge on any atom is -0.382 e. The summed E-state index contributed by atoms with van der Waals surface area (Å²) in [4.78, 5) is 0. The molecule has 0 fully saturated rings. The zero-order chi connectivity index (χ0) is 12.8. The van der Waals surface area contributed by atoms with E-state index in [0.717, 1.165) is 12.8 Å². The zero-order valence-electron chi connectivity index (χ0n) is 11.3. The van der Waals surface area contributed by atoms with Crippen LogP contribution in [0.15, 0.2) is 18.2 Å². The average Bonchev–Trinajstić information content (AvgIpc) is 2.32. The van der Waals surface area contributed by atoms with E-state index in [0.29, 0.717) is 0 Å². The van der Waals surface area contributed by atoms with Gasteiger partial charge in [0.05, 0.1) is 6.10 Å². The number of aryl methyl sites for hydroxylation is 2. The monoisotopic (exact) mass is 236 g/mol. The number of hydrazine groups is 1. The second-order valence-corrected chi connectivity index (χ2v) is 4.78. The Balaban J connectivity index is 2.69. The molecule has 0 radical (unpaired) electrons. The number of rotatable bonds is 6. The molecule has 0 aliphatic carbocycles. The lowest BCUT2D eigenvalue weighted by Crippen LogP contribution is -2.39. The fourth-order valence-electron chi connectivity index (χ4n) is 1.99. The summed E-state index contributed by atoms with van der Waals surface area (Å²) in [5.74, 6) is 5.61. The van der Waals surface area contributed by atoms with E-state index in [9.17, 15) is 0 Å². The van der Waals surface area contributed by atoms with Crippen LogP contribution < -0.4 is 11.3 Å². The molecule has 3 N–H and O–H groups in total. The largest absolute Gasteiger partial charge is 0.382 e. The Kier molecular flexibility index (Phi) is 5.62. The second-order valence-electron chi connectivity index (χ2n) is 4.78. The van der Waals surface area contributed by atoms with Gasteiger partial charge in [-0.1, -0.05) is 23.8 Å². The fraction of sp³-hybridized carbons (Fsp3) is 0.571. The van der Waals surface area contributed by atoms with E-state index in [1.54, 1.807) is 7.11 Å². The molecular formula is C14H24N2O. The molecule has 0 amide bonds. The first-order valence-electron chi connectivity index (χ1n) is 6.11. The molecule has 17 heavy (non-hydrogen) atoms. The van der Waals surface area contributed by atoms with Gasteiger partial charge in [-0.3, -0.25) is 11.3 Å². The van der Waals surface area contributed by atoms with Crippen LogP contribution in [0.5, 0.6) is 0 Å². The molecule has 0 bridgehead atoms. The Bertz CT molecular complexity index is 352. The molecule has 0 saturated heterocycles. The quantitative estimate of drug-likeness (QED) is 0.587. The van der Waals surface area contributed by atoms with Crippen molar-refractivity contribution >= 4 is 0 Å². The Hall–Kier alpha value is -0.900. The Labute approximate surface area is 104 Å². The van der Waals surface area contributed by atoms with Crippen LogP contribution in [0.1, 0.15) is 30.0 Å². The summed E-state index contributed by atoms with van der Waals surface area (Å²) in [6, 6.07) is 6.79. The van der Waals surface area contributed by atoms with Gasteiger partial charge in [0, 0.05) is 13.2 Å². The molecule has 2 unspecified atom stereocenters. The molecule has 0 spiro atoms. The number of hydrogen-bond acceptors (Lipinski definition) is 3.